The van der Waals surface area contributed by atoms with E-state index in [4.69, 9.17) is 0 Å². The highest BCUT2D eigenvalue weighted by Gasteiger charge is 2.40. The normalized spacial score (nSPS) is 17.8. The van der Waals surface area contributed by atoms with Gasteiger partial charge in [-0.15, -0.1) is 0 Å². The maximum atomic E-state index is 13.3. The molecule has 1 fully saturated rings. The van der Waals surface area contributed by atoms with Crippen LogP contribution in [0.25, 0.3) is 0 Å². The summed E-state index contributed by atoms with van der Waals surface area (Å²) in [4.78, 5) is 27.2. The number of carbonyl (C=O) groups excluding carboxylic acids is 2. The summed E-state index contributed by atoms with van der Waals surface area (Å²) in [6, 6.07) is 15.8. The van der Waals surface area contributed by atoms with Gasteiger partial charge in [0, 0.05) is 12.7 Å². The molecule has 29 heavy (non-hydrogen) atoms. The molecule has 5 nitrogen and oxygen atoms in total. The summed E-state index contributed by atoms with van der Waals surface area (Å²) in [6.07, 6.45) is 0.529. The Balaban J connectivity index is 2.06. The Bertz CT molecular complexity index is 1040. The number of hydrogen-bond donors (Lipinski definition) is 1. The minimum absolute atomic E-state index is 0.0458. The maximum absolute atomic E-state index is 13.3. The van der Waals surface area contributed by atoms with Crippen LogP contribution in [0.4, 0.5) is 5.69 Å². The van der Waals surface area contributed by atoms with Gasteiger partial charge in [-0.25, -0.2) is 0 Å². The topological polar surface area (TPSA) is 73.2 Å². The summed E-state index contributed by atoms with van der Waals surface area (Å²) in [5, 5.41) is 12.1. The summed E-state index contributed by atoms with van der Waals surface area (Å²) in [5.41, 5.74) is 4.98. The van der Waals surface area contributed by atoms with Gasteiger partial charge >= 0.3 is 0 Å². The molecule has 2 amide bonds. The first-order valence-corrected chi connectivity index (χ1v) is 10.2. The first-order chi connectivity index (χ1) is 13.8. The minimum atomic E-state index is -0.493. The van der Waals surface area contributed by atoms with Crippen molar-refractivity contribution in [3.63, 3.8) is 0 Å². The van der Waals surface area contributed by atoms with Gasteiger partial charge in [-0.2, -0.15) is 5.26 Å². The summed E-state index contributed by atoms with van der Waals surface area (Å²) in [5.74, 6) is -0.613. The number of amides is 2. The summed E-state index contributed by atoms with van der Waals surface area (Å²) < 4.78 is 0. The van der Waals surface area contributed by atoms with Gasteiger partial charge in [0.05, 0.1) is 5.25 Å². The number of anilines is 1. The lowest BCUT2D eigenvalue weighted by Crippen LogP contribution is -2.31. The van der Waals surface area contributed by atoms with E-state index >= 15 is 0 Å². The van der Waals surface area contributed by atoms with Crippen LogP contribution in [0.1, 0.15) is 22.3 Å². The number of nitrogens with one attached hydrogen (secondary N) is 1. The molecule has 1 aliphatic heterocycles. The van der Waals surface area contributed by atoms with Gasteiger partial charge in [-0.1, -0.05) is 47.7 Å². The molecule has 0 radical (unpaired) electrons. The van der Waals surface area contributed by atoms with Crippen LogP contribution < -0.4 is 10.2 Å². The van der Waals surface area contributed by atoms with E-state index in [0.29, 0.717) is 17.1 Å². The van der Waals surface area contributed by atoms with Gasteiger partial charge < -0.3 is 5.32 Å². The van der Waals surface area contributed by atoms with Crippen molar-refractivity contribution in [3.05, 3.63) is 75.3 Å². The molecule has 0 spiro atoms. The van der Waals surface area contributed by atoms with Crippen LogP contribution in [-0.4, -0.2) is 24.1 Å². The van der Waals surface area contributed by atoms with Gasteiger partial charge in [0.25, 0.3) is 5.91 Å². The average Bonchev–Trinajstić information content (AvgIpc) is 3.02. The van der Waals surface area contributed by atoms with E-state index in [1.54, 1.807) is 0 Å². The van der Waals surface area contributed by atoms with Gasteiger partial charge in [0.1, 0.15) is 16.7 Å². The predicted molar refractivity (Wildman–Crippen MR) is 116 cm³/mol. The fourth-order valence-corrected chi connectivity index (χ4v) is 4.46. The van der Waals surface area contributed by atoms with Crippen molar-refractivity contribution < 1.29 is 9.59 Å². The van der Waals surface area contributed by atoms with Crippen molar-refractivity contribution in [3.8, 4) is 6.07 Å². The number of thioether (sulfide) groups is 1. The maximum Gasteiger partial charge on any atom is 0.264 e. The van der Waals surface area contributed by atoms with E-state index in [9.17, 15) is 14.9 Å². The number of aryl methyl sites for hydroxylation is 3. The largest absolute Gasteiger partial charge is 0.354 e. The van der Waals surface area contributed by atoms with Gasteiger partial charge in [-0.05, 0) is 56.0 Å². The van der Waals surface area contributed by atoms with Crippen LogP contribution in [0.5, 0.6) is 0 Å². The van der Waals surface area contributed by atoms with E-state index in [1.165, 1.54) is 23.7 Å². The molecule has 6 heteroatoms. The number of nitriles is 1. The quantitative estimate of drug-likeness (QED) is 0.621. The van der Waals surface area contributed by atoms with Crippen molar-refractivity contribution in [2.45, 2.75) is 32.4 Å². The molecule has 1 heterocycles. The van der Waals surface area contributed by atoms with Crippen LogP contribution >= 0.6 is 11.8 Å². The second-order valence-corrected chi connectivity index (χ2v) is 8.30. The van der Waals surface area contributed by atoms with Crippen LogP contribution in [0.2, 0.25) is 0 Å². The summed E-state index contributed by atoms with van der Waals surface area (Å²) in [6.45, 7) is 6.00. The van der Waals surface area contributed by atoms with E-state index < -0.39 is 11.2 Å². The number of nitrogens with zero attached hydrogens (tertiary/aromatic N) is 2. The smallest absolute Gasteiger partial charge is 0.264 e. The van der Waals surface area contributed by atoms with Gasteiger partial charge in [0.15, 0.2) is 0 Å². The molecule has 0 aliphatic carbocycles. The Hall–Kier alpha value is -3.04. The molecule has 2 aromatic rings. The van der Waals surface area contributed by atoms with Crippen LogP contribution in [0.3, 0.4) is 0 Å². The molecule has 1 unspecified atom stereocenters. The third kappa shape index (κ3) is 4.20. The molecule has 148 valence electrons. The predicted octanol–water partition coefficient (Wildman–Crippen LogP) is 3.78. The third-order valence-corrected chi connectivity index (χ3v) is 6.29. The molecule has 2 aromatic carbocycles. The molecule has 1 atom stereocenters. The Morgan fingerprint density at radius 2 is 1.83 bits per heavy atom. The van der Waals surface area contributed by atoms with E-state index in [0.717, 1.165) is 22.3 Å². The lowest BCUT2D eigenvalue weighted by Gasteiger charge is -2.19. The van der Waals surface area contributed by atoms with Crippen molar-refractivity contribution in [2.75, 3.05) is 11.9 Å². The Labute approximate surface area is 175 Å². The fraction of sp³-hybridized carbons (Fsp3) is 0.261. The van der Waals surface area contributed by atoms with Crippen molar-refractivity contribution >= 4 is 29.3 Å². The summed E-state index contributed by atoms with van der Waals surface area (Å²) >= 11 is 1.28. The number of carbonyl (C=O) groups is 2. The second-order valence-electron chi connectivity index (χ2n) is 7.11. The van der Waals surface area contributed by atoms with Crippen molar-refractivity contribution in [1.82, 2.24) is 5.32 Å². The minimum Gasteiger partial charge on any atom is -0.354 e. The number of rotatable bonds is 4. The number of benzene rings is 2. The van der Waals surface area contributed by atoms with Crippen molar-refractivity contribution in [1.29, 1.82) is 5.26 Å². The summed E-state index contributed by atoms with van der Waals surface area (Å²) in [7, 11) is 1.48. The number of hydrogen-bond acceptors (Lipinski definition) is 4. The molecule has 0 bridgehead atoms. The monoisotopic (exact) mass is 405 g/mol. The second kappa shape index (κ2) is 8.54. The van der Waals surface area contributed by atoms with Gasteiger partial charge in [0.2, 0.25) is 5.91 Å². The van der Waals surface area contributed by atoms with E-state index in [1.807, 2.05) is 69.3 Å². The SMILES string of the molecule is CNC(=O)/C(C#N)=C1\SC(Cc2ccc(C)cc2)C(=O)N1c1ccc(C)c(C)c1. The van der Waals surface area contributed by atoms with Gasteiger partial charge in [-0.3, -0.25) is 14.5 Å². The molecule has 0 aromatic heterocycles. The number of likely N-dealkylation sites (N-methyl/N-ethyl adjacent to an activating group) is 1. The zero-order valence-electron chi connectivity index (χ0n) is 16.9. The van der Waals surface area contributed by atoms with Crippen molar-refractivity contribution in [2.24, 2.45) is 0 Å². The molecule has 0 saturated carbocycles. The molecule has 1 aliphatic rings. The molecule has 1 saturated heterocycles. The highest BCUT2D eigenvalue weighted by Crippen LogP contribution is 2.42. The molecule has 1 N–H and O–H groups in total. The Kier molecular flexibility index (Phi) is 6.09. The fourth-order valence-electron chi connectivity index (χ4n) is 3.15. The van der Waals surface area contributed by atoms with Crippen LogP contribution in [0.15, 0.2) is 53.1 Å². The lowest BCUT2D eigenvalue weighted by atomic mass is 10.1. The van der Waals surface area contributed by atoms with Crippen LogP contribution in [-0.2, 0) is 16.0 Å². The third-order valence-electron chi connectivity index (χ3n) is 5.02. The Morgan fingerprint density at radius 3 is 2.41 bits per heavy atom. The first kappa shape index (κ1) is 20.7. The Morgan fingerprint density at radius 1 is 1.14 bits per heavy atom. The molecular weight excluding hydrogens is 382 g/mol. The van der Waals surface area contributed by atoms with E-state index in [-0.39, 0.29) is 11.5 Å². The lowest BCUT2D eigenvalue weighted by molar-refractivity contribution is -0.117. The first-order valence-electron chi connectivity index (χ1n) is 9.35. The molecular formula is C23H23N3O2S. The average molecular weight is 406 g/mol. The highest BCUT2D eigenvalue weighted by atomic mass is 32.2. The highest BCUT2D eigenvalue weighted by molar-refractivity contribution is 8.05. The zero-order chi connectivity index (χ0) is 21.1. The van der Waals surface area contributed by atoms with Crippen LogP contribution in [0, 0.1) is 32.1 Å². The molecule has 3 rings (SSSR count). The van der Waals surface area contributed by atoms with E-state index in [2.05, 4.69) is 5.32 Å². The standard InChI is InChI=1S/C23H23N3O2S/c1-14-5-8-17(9-6-14)12-20-22(28)26(18-10-7-15(2)16(3)11-18)23(29-20)19(13-24)21(27)25-4/h5-11,20H,12H2,1-4H3,(H,25,27)/b23-19-. The zero-order valence-corrected chi connectivity index (χ0v) is 17.8.